The van der Waals surface area contributed by atoms with Gasteiger partial charge in [0.05, 0.1) is 12.7 Å². The van der Waals surface area contributed by atoms with Crippen molar-refractivity contribution >= 4 is 15.9 Å². The number of β-amino-alcohol motifs (C(OH)–C–C–N with tert-alkyl or cyclic N) is 1. The van der Waals surface area contributed by atoms with Crippen LogP contribution >= 0.6 is 15.9 Å². The number of fused-ring (bicyclic) bond motifs is 1. The molecule has 1 aromatic carbocycles. The van der Waals surface area contributed by atoms with E-state index in [4.69, 9.17) is 4.74 Å². The van der Waals surface area contributed by atoms with Crippen LogP contribution < -0.4 is 15.4 Å². The Balaban J connectivity index is 1.61. The Morgan fingerprint density at radius 2 is 2.32 bits per heavy atom. The van der Waals surface area contributed by atoms with Gasteiger partial charge in [-0.2, -0.15) is 0 Å². The van der Waals surface area contributed by atoms with Gasteiger partial charge >= 0.3 is 0 Å². The van der Waals surface area contributed by atoms with Crippen molar-refractivity contribution < 1.29 is 9.84 Å². The summed E-state index contributed by atoms with van der Waals surface area (Å²) in [5.74, 6) is 1.35. The first-order valence-electron chi connectivity index (χ1n) is 6.77. The number of hydrogen-bond acceptors (Lipinski definition) is 4. The normalized spacial score (nSPS) is 25.4. The molecule has 0 radical (unpaired) electrons. The molecule has 0 amide bonds. The van der Waals surface area contributed by atoms with Crippen molar-refractivity contribution in [3.05, 3.63) is 27.7 Å². The van der Waals surface area contributed by atoms with Crippen LogP contribution in [0.2, 0.25) is 0 Å². The minimum Gasteiger partial charge on any atom is -0.493 e. The maximum Gasteiger partial charge on any atom is 0.127 e. The number of aliphatic hydroxyl groups is 1. The van der Waals surface area contributed by atoms with Crippen molar-refractivity contribution in [3.63, 3.8) is 0 Å². The molecule has 0 bridgehead atoms. The Morgan fingerprint density at radius 1 is 1.42 bits per heavy atom. The third-order valence-electron chi connectivity index (χ3n) is 3.85. The molecule has 2 heterocycles. The minimum atomic E-state index is -0.225. The molecular weight excluding hydrogens is 308 g/mol. The van der Waals surface area contributed by atoms with E-state index in [9.17, 15) is 5.11 Å². The topological polar surface area (TPSA) is 53.5 Å². The Bertz CT molecular complexity index is 467. The average Bonchev–Trinajstić information content (AvgIpc) is 2.98. The monoisotopic (exact) mass is 326 g/mol. The molecule has 0 spiro atoms. The summed E-state index contributed by atoms with van der Waals surface area (Å²) in [7, 11) is 0. The molecule has 0 saturated carbocycles. The number of aliphatic hydroxyl groups excluding tert-OH is 1. The van der Waals surface area contributed by atoms with Gasteiger partial charge in [0.15, 0.2) is 0 Å². The fraction of sp³-hybridized carbons (Fsp3) is 0.571. The van der Waals surface area contributed by atoms with Gasteiger partial charge in [-0.05, 0) is 17.7 Å². The lowest BCUT2D eigenvalue weighted by atomic mass is 10.1. The number of hydrogen-bond donors (Lipinski definition) is 3. The van der Waals surface area contributed by atoms with E-state index in [0.29, 0.717) is 12.5 Å². The summed E-state index contributed by atoms with van der Waals surface area (Å²) >= 11 is 3.55. The minimum absolute atomic E-state index is 0.225. The lowest BCUT2D eigenvalue weighted by Gasteiger charge is -2.15. The lowest BCUT2D eigenvalue weighted by molar-refractivity contribution is 0.146. The summed E-state index contributed by atoms with van der Waals surface area (Å²) in [6.07, 6.45) is 0.768. The van der Waals surface area contributed by atoms with Crippen LogP contribution in [0.4, 0.5) is 0 Å². The fourth-order valence-corrected chi connectivity index (χ4v) is 3.35. The van der Waals surface area contributed by atoms with Crippen molar-refractivity contribution in [1.82, 2.24) is 10.6 Å². The van der Waals surface area contributed by atoms with Crippen molar-refractivity contribution in [3.8, 4) is 5.75 Å². The van der Waals surface area contributed by atoms with E-state index in [1.54, 1.807) is 0 Å². The summed E-state index contributed by atoms with van der Waals surface area (Å²) < 4.78 is 6.81. The zero-order valence-corrected chi connectivity index (χ0v) is 12.4. The predicted octanol–water partition coefficient (Wildman–Crippen LogP) is 1.05. The van der Waals surface area contributed by atoms with Crippen LogP contribution in [0.1, 0.15) is 11.1 Å². The van der Waals surface area contributed by atoms with Crippen molar-refractivity contribution in [2.24, 2.45) is 5.92 Å². The molecule has 2 atom stereocenters. The van der Waals surface area contributed by atoms with Crippen LogP contribution in [-0.2, 0) is 13.0 Å². The standard InChI is InChI=1S/C14H19BrN2O2/c15-12-3-9-1-2-19-14(9)10(4-12)5-16-6-11-7-17-8-13(11)18/h3-4,11,13,16-18H,1-2,5-8H2. The SMILES string of the molecule is OC1CNCC1CNCc1cc(Br)cc2c1OCC2. The molecule has 19 heavy (non-hydrogen) atoms. The molecular formula is C14H19BrN2O2. The first-order valence-corrected chi connectivity index (χ1v) is 7.57. The molecule has 2 aliphatic rings. The molecule has 3 rings (SSSR count). The predicted molar refractivity (Wildman–Crippen MR) is 77.4 cm³/mol. The van der Waals surface area contributed by atoms with Crippen LogP contribution in [0.3, 0.4) is 0 Å². The van der Waals surface area contributed by atoms with Gasteiger partial charge in [0.25, 0.3) is 0 Å². The van der Waals surface area contributed by atoms with Crippen LogP contribution in [0.15, 0.2) is 16.6 Å². The highest BCUT2D eigenvalue weighted by atomic mass is 79.9. The maximum atomic E-state index is 9.75. The quantitative estimate of drug-likeness (QED) is 0.774. The first kappa shape index (κ1) is 13.4. The van der Waals surface area contributed by atoms with Crippen LogP contribution in [-0.4, -0.2) is 37.5 Å². The van der Waals surface area contributed by atoms with Crippen molar-refractivity contribution in [2.75, 3.05) is 26.2 Å². The second kappa shape index (κ2) is 5.79. The second-order valence-corrected chi connectivity index (χ2v) is 6.18. The summed E-state index contributed by atoms with van der Waals surface area (Å²) in [5.41, 5.74) is 2.48. The Morgan fingerprint density at radius 3 is 3.11 bits per heavy atom. The van der Waals surface area contributed by atoms with Gasteiger partial charge in [0.1, 0.15) is 5.75 Å². The van der Waals surface area contributed by atoms with Gasteiger partial charge in [0, 0.05) is 48.6 Å². The Hall–Kier alpha value is -0.620. The molecule has 2 aliphatic heterocycles. The largest absolute Gasteiger partial charge is 0.493 e. The van der Waals surface area contributed by atoms with Gasteiger partial charge in [0.2, 0.25) is 0 Å². The lowest BCUT2D eigenvalue weighted by Crippen LogP contribution is -2.30. The van der Waals surface area contributed by atoms with Crippen molar-refractivity contribution in [2.45, 2.75) is 19.1 Å². The highest BCUT2D eigenvalue weighted by Gasteiger charge is 2.24. The molecule has 104 valence electrons. The van der Waals surface area contributed by atoms with E-state index in [1.807, 2.05) is 0 Å². The number of ether oxygens (including phenoxy) is 1. The van der Waals surface area contributed by atoms with E-state index in [-0.39, 0.29) is 6.10 Å². The van der Waals surface area contributed by atoms with E-state index < -0.39 is 0 Å². The first-order chi connectivity index (χ1) is 9.24. The molecule has 0 aliphatic carbocycles. The van der Waals surface area contributed by atoms with Crippen LogP contribution in [0, 0.1) is 5.92 Å². The van der Waals surface area contributed by atoms with Gasteiger partial charge in [-0.3, -0.25) is 0 Å². The molecule has 1 saturated heterocycles. The summed E-state index contributed by atoms with van der Waals surface area (Å²) in [6.45, 7) is 3.99. The number of nitrogens with one attached hydrogen (secondary N) is 2. The van der Waals surface area contributed by atoms with E-state index in [0.717, 1.165) is 42.9 Å². The van der Waals surface area contributed by atoms with Gasteiger partial charge in [-0.15, -0.1) is 0 Å². The summed E-state index contributed by atoms with van der Waals surface area (Å²) in [6, 6.07) is 4.25. The molecule has 0 aromatic heterocycles. The zero-order valence-electron chi connectivity index (χ0n) is 10.8. The molecule has 5 heteroatoms. The molecule has 1 aromatic rings. The third kappa shape index (κ3) is 2.94. The highest BCUT2D eigenvalue weighted by Crippen LogP contribution is 2.32. The zero-order chi connectivity index (χ0) is 13.2. The van der Waals surface area contributed by atoms with Crippen LogP contribution in [0.25, 0.3) is 0 Å². The molecule has 1 fully saturated rings. The second-order valence-electron chi connectivity index (χ2n) is 5.27. The molecule has 2 unspecified atom stereocenters. The van der Waals surface area contributed by atoms with Gasteiger partial charge in [-0.1, -0.05) is 15.9 Å². The van der Waals surface area contributed by atoms with Gasteiger partial charge in [-0.25, -0.2) is 0 Å². The molecule has 4 nitrogen and oxygen atoms in total. The summed E-state index contributed by atoms with van der Waals surface area (Å²) in [4.78, 5) is 0. The average molecular weight is 327 g/mol. The highest BCUT2D eigenvalue weighted by molar-refractivity contribution is 9.10. The van der Waals surface area contributed by atoms with E-state index >= 15 is 0 Å². The van der Waals surface area contributed by atoms with Gasteiger partial charge < -0.3 is 20.5 Å². The van der Waals surface area contributed by atoms with Crippen molar-refractivity contribution in [1.29, 1.82) is 0 Å². The number of halogens is 1. The Labute approximate surface area is 121 Å². The summed E-state index contributed by atoms with van der Waals surface area (Å²) in [5, 5.41) is 16.4. The smallest absolute Gasteiger partial charge is 0.127 e. The maximum absolute atomic E-state index is 9.75. The Kier molecular flexibility index (Phi) is 4.07. The van der Waals surface area contributed by atoms with Crippen LogP contribution in [0.5, 0.6) is 5.75 Å². The fourth-order valence-electron chi connectivity index (χ4n) is 2.80. The number of benzene rings is 1. The van der Waals surface area contributed by atoms with E-state index in [2.05, 4.69) is 38.7 Å². The number of rotatable bonds is 4. The van der Waals surface area contributed by atoms with E-state index in [1.165, 1.54) is 11.1 Å². The third-order valence-corrected chi connectivity index (χ3v) is 4.31. The molecule has 3 N–H and O–H groups in total.